The van der Waals surface area contributed by atoms with Gasteiger partial charge in [0.25, 0.3) is 0 Å². The van der Waals surface area contributed by atoms with Crippen LogP contribution in [0.5, 0.6) is 5.75 Å². The fraction of sp³-hybridized carbons (Fsp3) is 0.440. The zero-order chi connectivity index (χ0) is 24.1. The van der Waals surface area contributed by atoms with E-state index in [2.05, 4.69) is 5.32 Å². The summed E-state index contributed by atoms with van der Waals surface area (Å²) < 4.78 is 33.7. The standard InChI is InChI=1S/C25H31N3O5S/c1-2-33-22-12-11-21(16-23(22)34(31,32)28-13-7-4-8-14-28)26-25(30)20-15-24(29)27(18-20)17-19-9-5-3-6-10-19/h3,5-6,9-12,16,20H,2,4,7-8,13-15,17-18H2,1H3,(H,26,30). The summed E-state index contributed by atoms with van der Waals surface area (Å²) in [4.78, 5) is 27.2. The number of carbonyl (C=O) groups is 2. The van der Waals surface area contributed by atoms with E-state index in [1.807, 2.05) is 30.3 Å². The lowest BCUT2D eigenvalue weighted by molar-refractivity contribution is -0.128. The third-order valence-corrected chi connectivity index (χ3v) is 8.17. The number of ether oxygens (including phenoxy) is 1. The van der Waals surface area contributed by atoms with Gasteiger partial charge in [-0.3, -0.25) is 9.59 Å². The molecule has 8 nitrogen and oxygen atoms in total. The largest absolute Gasteiger partial charge is 0.492 e. The SMILES string of the molecule is CCOc1ccc(NC(=O)C2CC(=O)N(Cc3ccccc3)C2)cc1S(=O)(=O)N1CCCCC1. The van der Waals surface area contributed by atoms with Gasteiger partial charge in [0.15, 0.2) is 0 Å². The van der Waals surface area contributed by atoms with E-state index in [9.17, 15) is 18.0 Å². The Kier molecular flexibility index (Phi) is 7.53. The maximum absolute atomic E-state index is 13.3. The zero-order valence-corrected chi connectivity index (χ0v) is 20.2. The van der Waals surface area contributed by atoms with Gasteiger partial charge in [-0.2, -0.15) is 4.31 Å². The summed E-state index contributed by atoms with van der Waals surface area (Å²) in [7, 11) is -3.75. The number of hydrogen-bond acceptors (Lipinski definition) is 5. The van der Waals surface area contributed by atoms with Gasteiger partial charge < -0.3 is 15.0 Å². The van der Waals surface area contributed by atoms with E-state index >= 15 is 0 Å². The second-order valence-electron chi connectivity index (χ2n) is 8.71. The maximum atomic E-state index is 13.3. The highest BCUT2D eigenvalue weighted by Crippen LogP contribution is 2.32. The maximum Gasteiger partial charge on any atom is 0.246 e. The monoisotopic (exact) mass is 485 g/mol. The second kappa shape index (κ2) is 10.6. The Morgan fingerprint density at radius 3 is 2.53 bits per heavy atom. The van der Waals surface area contributed by atoms with E-state index in [-0.39, 0.29) is 28.9 Å². The molecule has 9 heteroatoms. The first-order valence-electron chi connectivity index (χ1n) is 11.8. The van der Waals surface area contributed by atoms with Crippen LogP contribution in [-0.2, 0) is 26.2 Å². The fourth-order valence-corrected chi connectivity index (χ4v) is 6.13. The molecule has 2 aliphatic heterocycles. The highest BCUT2D eigenvalue weighted by molar-refractivity contribution is 7.89. The van der Waals surface area contributed by atoms with E-state index in [4.69, 9.17) is 4.74 Å². The normalized spacial score (nSPS) is 19.3. The summed E-state index contributed by atoms with van der Waals surface area (Å²) in [5.74, 6) is -0.584. The quantitative estimate of drug-likeness (QED) is 0.619. The van der Waals surface area contributed by atoms with Gasteiger partial charge in [0.1, 0.15) is 10.6 Å². The van der Waals surface area contributed by atoms with Gasteiger partial charge in [-0.05, 0) is 43.5 Å². The third kappa shape index (κ3) is 5.42. The molecule has 2 fully saturated rings. The van der Waals surface area contributed by atoms with E-state index < -0.39 is 15.9 Å². The van der Waals surface area contributed by atoms with Crippen molar-refractivity contribution in [3.63, 3.8) is 0 Å². The van der Waals surface area contributed by atoms with Gasteiger partial charge in [0.2, 0.25) is 21.8 Å². The summed E-state index contributed by atoms with van der Waals surface area (Å²) in [6, 6.07) is 14.3. The average Bonchev–Trinajstić information content (AvgIpc) is 3.21. The van der Waals surface area contributed by atoms with Crippen LogP contribution in [0.4, 0.5) is 5.69 Å². The van der Waals surface area contributed by atoms with E-state index in [1.54, 1.807) is 24.0 Å². The number of rotatable bonds is 8. The molecule has 1 unspecified atom stereocenters. The molecule has 2 aliphatic rings. The fourth-order valence-electron chi connectivity index (χ4n) is 4.46. The topological polar surface area (TPSA) is 96.0 Å². The molecule has 1 atom stereocenters. The van der Waals surface area contributed by atoms with Crippen LogP contribution < -0.4 is 10.1 Å². The van der Waals surface area contributed by atoms with Crippen molar-refractivity contribution in [2.24, 2.45) is 5.92 Å². The van der Waals surface area contributed by atoms with Gasteiger partial charge in [0.05, 0.1) is 12.5 Å². The Morgan fingerprint density at radius 1 is 1.09 bits per heavy atom. The number of hydrogen-bond donors (Lipinski definition) is 1. The highest BCUT2D eigenvalue weighted by atomic mass is 32.2. The van der Waals surface area contributed by atoms with Gasteiger partial charge in [-0.1, -0.05) is 36.8 Å². The van der Waals surface area contributed by atoms with Crippen LogP contribution in [0.25, 0.3) is 0 Å². The van der Waals surface area contributed by atoms with Crippen LogP contribution in [0.1, 0.15) is 38.2 Å². The number of nitrogens with one attached hydrogen (secondary N) is 1. The van der Waals surface area contributed by atoms with Crippen LogP contribution in [0, 0.1) is 5.92 Å². The Balaban J connectivity index is 1.48. The molecule has 0 saturated carbocycles. The van der Waals surface area contributed by atoms with Crippen LogP contribution >= 0.6 is 0 Å². The van der Waals surface area contributed by atoms with Crippen LogP contribution in [-0.4, -0.2) is 55.7 Å². The van der Waals surface area contributed by atoms with Gasteiger partial charge in [0, 0.05) is 38.3 Å². The lowest BCUT2D eigenvalue weighted by atomic mass is 10.1. The number of piperidine rings is 1. The molecule has 182 valence electrons. The summed E-state index contributed by atoms with van der Waals surface area (Å²) in [5.41, 5.74) is 1.38. The van der Waals surface area contributed by atoms with E-state index in [0.29, 0.717) is 38.5 Å². The lowest BCUT2D eigenvalue weighted by Crippen LogP contribution is -2.36. The van der Waals surface area contributed by atoms with Crippen molar-refractivity contribution in [2.45, 2.75) is 44.0 Å². The minimum atomic E-state index is -3.75. The first-order valence-corrected chi connectivity index (χ1v) is 13.2. The molecule has 2 aromatic carbocycles. The number of nitrogens with zero attached hydrogens (tertiary/aromatic N) is 2. The highest BCUT2D eigenvalue weighted by Gasteiger charge is 2.35. The zero-order valence-electron chi connectivity index (χ0n) is 19.4. The first kappa shape index (κ1) is 24.2. The Labute approximate surface area is 200 Å². The molecule has 0 aromatic heterocycles. The molecule has 2 saturated heterocycles. The minimum Gasteiger partial charge on any atom is -0.492 e. The van der Waals surface area contributed by atoms with Crippen molar-refractivity contribution in [1.29, 1.82) is 0 Å². The molecular formula is C25H31N3O5S. The average molecular weight is 486 g/mol. The molecule has 0 spiro atoms. The van der Waals surface area contributed by atoms with Crippen molar-refractivity contribution in [2.75, 3.05) is 31.6 Å². The molecule has 2 aromatic rings. The van der Waals surface area contributed by atoms with Crippen molar-refractivity contribution in [3.8, 4) is 5.75 Å². The molecule has 0 bridgehead atoms. The van der Waals surface area contributed by atoms with Crippen LogP contribution in [0.15, 0.2) is 53.4 Å². The van der Waals surface area contributed by atoms with Gasteiger partial charge in [-0.15, -0.1) is 0 Å². The third-order valence-electron chi connectivity index (χ3n) is 6.25. The first-order chi connectivity index (χ1) is 16.4. The molecule has 34 heavy (non-hydrogen) atoms. The van der Waals surface area contributed by atoms with Crippen LogP contribution in [0.2, 0.25) is 0 Å². The van der Waals surface area contributed by atoms with Gasteiger partial charge >= 0.3 is 0 Å². The number of amides is 2. The predicted octanol–water partition coefficient (Wildman–Crippen LogP) is 3.25. The van der Waals surface area contributed by atoms with E-state index in [1.165, 1.54) is 10.4 Å². The molecule has 0 aliphatic carbocycles. The van der Waals surface area contributed by atoms with Gasteiger partial charge in [-0.25, -0.2) is 8.42 Å². The molecule has 4 rings (SSSR count). The smallest absolute Gasteiger partial charge is 0.246 e. The van der Waals surface area contributed by atoms with Crippen molar-refractivity contribution in [3.05, 3.63) is 54.1 Å². The molecule has 1 N–H and O–H groups in total. The summed E-state index contributed by atoms with van der Waals surface area (Å²) in [6.45, 7) is 3.87. The Bertz CT molecular complexity index is 1130. The number of likely N-dealkylation sites (tertiary alicyclic amines) is 1. The Morgan fingerprint density at radius 2 is 1.82 bits per heavy atom. The van der Waals surface area contributed by atoms with Crippen LogP contribution in [0.3, 0.4) is 0 Å². The summed E-state index contributed by atoms with van der Waals surface area (Å²) >= 11 is 0. The number of anilines is 1. The lowest BCUT2D eigenvalue weighted by Gasteiger charge is -2.27. The molecule has 2 amide bonds. The van der Waals surface area contributed by atoms with Crippen molar-refractivity contribution >= 4 is 27.5 Å². The molecule has 2 heterocycles. The Hall–Kier alpha value is -2.91. The second-order valence-corrected chi connectivity index (χ2v) is 10.6. The molecular weight excluding hydrogens is 454 g/mol. The number of sulfonamides is 1. The van der Waals surface area contributed by atoms with Crippen molar-refractivity contribution in [1.82, 2.24) is 9.21 Å². The van der Waals surface area contributed by atoms with Crippen molar-refractivity contribution < 1.29 is 22.7 Å². The number of benzene rings is 2. The minimum absolute atomic E-state index is 0.0576. The summed E-state index contributed by atoms with van der Waals surface area (Å²) in [5, 5.41) is 2.82. The summed E-state index contributed by atoms with van der Waals surface area (Å²) in [6.07, 6.45) is 2.81. The number of carbonyl (C=O) groups excluding carboxylic acids is 2. The predicted molar refractivity (Wildman–Crippen MR) is 129 cm³/mol. The van der Waals surface area contributed by atoms with E-state index in [0.717, 1.165) is 24.8 Å². The molecule has 0 radical (unpaired) electrons.